The molecule has 2 heterocycles. The molecule has 2 aliphatic heterocycles. The van der Waals surface area contributed by atoms with Crippen molar-refractivity contribution in [2.24, 2.45) is 0 Å². The van der Waals surface area contributed by atoms with Crippen LogP contribution in [0.1, 0.15) is 33.3 Å². The van der Waals surface area contributed by atoms with Crippen LogP contribution in [0.25, 0.3) is 0 Å². The highest BCUT2D eigenvalue weighted by atomic mass is 16.7. The lowest BCUT2D eigenvalue weighted by Gasteiger charge is -2.43. The van der Waals surface area contributed by atoms with Crippen LogP contribution in [0.2, 0.25) is 0 Å². The summed E-state index contributed by atoms with van der Waals surface area (Å²) in [5.74, 6) is -3.60. The van der Waals surface area contributed by atoms with Gasteiger partial charge in [-0.1, -0.05) is 24.3 Å². The largest absolute Gasteiger partial charge is 0.463 e. The van der Waals surface area contributed by atoms with Crippen LogP contribution in [-0.2, 0) is 54.2 Å². The van der Waals surface area contributed by atoms with E-state index >= 15 is 0 Å². The van der Waals surface area contributed by atoms with E-state index in [1.54, 1.807) is 4.90 Å². The fraction of sp³-hybridized carbons (Fsp3) is 0.469. The Morgan fingerprint density at radius 3 is 2.00 bits per heavy atom. The van der Waals surface area contributed by atoms with E-state index in [9.17, 15) is 34.1 Å². The van der Waals surface area contributed by atoms with Gasteiger partial charge in [0.25, 0.3) is 0 Å². The molecular weight excluding hydrogens is 650 g/mol. The number of nitro benzene ring substituents is 1. The Morgan fingerprint density at radius 2 is 1.41 bits per heavy atom. The predicted molar refractivity (Wildman–Crippen MR) is 166 cm³/mol. The standard InChI is InChI=1S/C32H37N3O14/c1-19(36)43-18-27-28(45-20(2)37)29(46-21(3)38)30(47-22(4)39)31(49-27)48-26-11-10-23(16-25(26)35(41)42)17-44-32(40)34-14-12-33(13-15-34)24-8-6-5-7-9-24/h5-11,16,27-31H,12-15,17-18H2,1-4H3/t27-,28+,29+,30-,31?/m1/s1. The first-order valence-electron chi connectivity index (χ1n) is 15.3. The smallest absolute Gasteiger partial charge is 0.410 e. The summed E-state index contributed by atoms with van der Waals surface area (Å²) in [4.78, 5) is 75.6. The van der Waals surface area contributed by atoms with E-state index in [4.69, 9.17) is 33.2 Å². The number of rotatable bonds is 11. The summed E-state index contributed by atoms with van der Waals surface area (Å²) in [5, 5.41) is 12.1. The van der Waals surface area contributed by atoms with Crippen LogP contribution in [0.4, 0.5) is 16.2 Å². The molecule has 0 aromatic heterocycles. The molecule has 2 fully saturated rings. The van der Waals surface area contributed by atoms with E-state index < -0.39 is 77.9 Å². The van der Waals surface area contributed by atoms with Crippen LogP contribution in [0.15, 0.2) is 48.5 Å². The third-order valence-electron chi connectivity index (χ3n) is 7.43. The van der Waals surface area contributed by atoms with E-state index in [0.29, 0.717) is 26.2 Å². The van der Waals surface area contributed by atoms with Crippen LogP contribution < -0.4 is 9.64 Å². The van der Waals surface area contributed by atoms with E-state index in [0.717, 1.165) is 39.4 Å². The van der Waals surface area contributed by atoms with Crippen molar-refractivity contribution in [1.29, 1.82) is 0 Å². The second-order valence-electron chi connectivity index (χ2n) is 11.1. The van der Waals surface area contributed by atoms with Crippen molar-refractivity contribution in [2.75, 3.05) is 37.7 Å². The average Bonchev–Trinajstić information content (AvgIpc) is 3.05. The number of hydrogen-bond acceptors (Lipinski definition) is 15. The Hall–Kier alpha value is -5.45. The SMILES string of the molecule is CC(=O)OC[C@H]1OC(Oc2ccc(COC(=O)N3CCN(c4ccccc4)CC3)cc2[N+](=O)[O-])[C@H](OC(C)=O)[C@@H](OC(C)=O)[C@H]1OC(C)=O. The number of benzene rings is 2. The minimum absolute atomic E-state index is 0.275. The molecule has 49 heavy (non-hydrogen) atoms. The maximum atomic E-state index is 12.8. The quantitative estimate of drug-likeness (QED) is 0.144. The van der Waals surface area contributed by atoms with Gasteiger partial charge in [0, 0.05) is 65.6 Å². The van der Waals surface area contributed by atoms with Crippen molar-refractivity contribution >= 4 is 41.3 Å². The maximum absolute atomic E-state index is 12.8. The number of carbonyl (C=O) groups excluding carboxylic acids is 5. The van der Waals surface area contributed by atoms with Gasteiger partial charge in [0.2, 0.25) is 12.4 Å². The lowest BCUT2D eigenvalue weighted by molar-refractivity contribution is -0.387. The molecule has 0 radical (unpaired) electrons. The average molecular weight is 688 g/mol. The maximum Gasteiger partial charge on any atom is 0.410 e. The van der Waals surface area contributed by atoms with Crippen molar-refractivity contribution in [3.8, 4) is 5.75 Å². The van der Waals surface area contributed by atoms with Gasteiger partial charge in [-0.2, -0.15) is 0 Å². The molecule has 1 unspecified atom stereocenters. The normalized spacial score (nSPS) is 21.9. The van der Waals surface area contributed by atoms with Gasteiger partial charge in [-0.3, -0.25) is 29.3 Å². The molecule has 0 aliphatic carbocycles. The predicted octanol–water partition coefficient (Wildman–Crippen LogP) is 2.52. The van der Waals surface area contributed by atoms with Crippen molar-refractivity contribution in [3.63, 3.8) is 0 Å². The third kappa shape index (κ3) is 10.0. The lowest BCUT2D eigenvalue weighted by Crippen LogP contribution is -2.63. The molecule has 2 aromatic rings. The second kappa shape index (κ2) is 16.6. The zero-order valence-electron chi connectivity index (χ0n) is 27.3. The first-order chi connectivity index (χ1) is 23.3. The fourth-order valence-electron chi connectivity index (χ4n) is 5.33. The summed E-state index contributed by atoms with van der Waals surface area (Å²) in [6.45, 7) is 5.59. The number of esters is 4. The van der Waals surface area contributed by atoms with E-state index in [1.165, 1.54) is 12.1 Å². The minimum Gasteiger partial charge on any atom is -0.463 e. The van der Waals surface area contributed by atoms with E-state index in [-0.39, 0.29) is 17.9 Å². The van der Waals surface area contributed by atoms with E-state index in [2.05, 4.69) is 4.90 Å². The Bertz CT molecular complexity index is 1530. The first kappa shape index (κ1) is 36.4. The number of amides is 1. The molecule has 0 bridgehead atoms. The summed E-state index contributed by atoms with van der Waals surface area (Å²) < 4.78 is 38.3. The van der Waals surface area contributed by atoms with Gasteiger partial charge in [0.05, 0.1) is 4.92 Å². The van der Waals surface area contributed by atoms with Crippen LogP contribution in [0.3, 0.4) is 0 Å². The van der Waals surface area contributed by atoms with Crippen molar-refractivity contribution < 1.29 is 62.1 Å². The monoisotopic (exact) mass is 687 g/mol. The number of anilines is 1. The number of piperazine rings is 1. The van der Waals surface area contributed by atoms with Gasteiger partial charge < -0.3 is 43.0 Å². The molecule has 4 rings (SSSR count). The molecule has 2 saturated heterocycles. The third-order valence-corrected chi connectivity index (χ3v) is 7.43. The topological polar surface area (TPSA) is 200 Å². The Labute approximate surface area is 281 Å². The van der Waals surface area contributed by atoms with Gasteiger partial charge >= 0.3 is 35.7 Å². The van der Waals surface area contributed by atoms with Gasteiger partial charge in [-0.15, -0.1) is 0 Å². The number of carbonyl (C=O) groups is 5. The van der Waals surface area contributed by atoms with Crippen LogP contribution >= 0.6 is 0 Å². The Kier molecular flexibility index (Phi) is 12.3. The first-order valence-corrected chi connectivity index (χ1v) is 15.3. The summed E-state index contributed by atoms with van der Waals surface area (Å²) in [7, 11) is 0. The molecule has 2 aromatic carbocycles. The molecule has 17 heteroatoms. The molecular formula is C32H37N3O14. The molecule has 0 N–H and O–H groups in total. The number of para-hydroxylation sites is 1. The minimum atomic E-state index is -1.68. The van der Waals surface area contributed by atoms with Crippen molar-refractivity contribution in [3.05, 3.63) is 64.2 Å². The highest BCUT2D eigenvalue weighted by Gasteiger charge is 2.53. The zero-order chi connectivity index (χ0) is 35.7. The van der Waals surface area contributed by atoms with Crippen LogP contribution in [0, 0.1) is 10.1 Å². The molecule has 264 valence electrons. The highest BCUT2D eigenvalue weighted by molar-refractivity contribution is 5.69. The molecule has 5 atom stereocenters. The summed E-state index contributed by atoms with van der Waals surface area (Å²) in [6, 6.07) is 13.6. The summed E-state index contributed by atoms with van der Waals surface area (Å²) >= 11 is 0. The summed E-state index contributed by atoms with van der Waals surface area (Å²) in [5.41, 5.74) is 0.767. The van der Waals surface area contributed by atoms with Gasteiger partial charge in [-0.25, -0.2) is 4.79 Å². The zero-order valence-corrected chi connectivity index (χ0v) is 27.3. The fourth-order valence-corrected chi connectivity index (χ4v) is 5.33. The molecule has 0 spiro atoms. The van der Waals surface area contributed by atoms with Gasteiger partial charge in [0.15, 0.2) is 18.0 Å². The number of ether oxygens (including phenoxy) is 7. The molecule has 0 saturated carbocycles. The van der Waals surface area contributed by atoms with E-state index in [1.807, 2.05) is 30.3 Å². The summed E-state index contributed by atoms with van der Waals surface area (Å²) in [6.07, 6.45) is -8.14. The van der Waals surface area contributed by atoms with Crippen LogP contribution in [-0.4, -0.2) is 103 Å². The molecule has 1 amide bonds. The number of nitrogens with zero attached hydrogens (tertiary/aromatic N) is 3. The molecule has 2 aliphatic rings. The van der Waals surface area contributed by atoms with Crippen molar-refractivity contribution in [1.82, 2.24) is 4.90 Å². The highest BCUT2D eigenvalue weighted by Crippen LogP contribution is 2.35. The Morgan fingerprint density at radius 1 is 0.796 bits per heavy atom. The van der Waals surface area contributed by atoms with Gasteiger partial charge in [-0.05, 0) is 23.8 Å². The van der Waals surface area contributed by atoms with Crippen LogP contribution in [0.5, 0.6) is 5.75 Å². The number of hydrogen-bond donors (Lipinski definition) is 0. The second-order valence-corrected chi connectivity index (χ2v) is 11.1. The molecule has 17 nitrogen and oxygen atoms in total. The number of nitro groups is 1. The van der Waals surface area contributed by atoms with Gasteiger partial charge in [0.1, 0.15) is 19.3 Å². The lowest BCUT2D eigenvalue weighted by atomic mass is 9.98. The Balaban J connectivity index is 1.51. The van der Waals surface area contributed by atoms with Crippen molar-refractivity contribution in [2.45, 2.75) is 65.0 Å².